The lowest BCUT2D eigenvalue weighted by molar-refractivity contribution is -0.127. The monoisotopic (exact) mass is 370 g/mol. The quantitative estimate of drug-likeness (QED) is 0.823. The summed E-state index contributed by atoms with van der Waals surface area (Å²) in [7, 11) is 0. The predicted octanol–water partition coefficient (Wildman–Crippen LogP) is 1.42. The van der Waals surface area contributed by atoms with Gasteiger partial charge in [-0.05, 0) is 38.2 Å². The van der Waals surface area contributed by atoms with E-state index in [1.54, 1.807) is 0 Å². The fourth-order valence-electron chi connectivity index (χ4n) is 4.12. The standard InChI is InChI=1S/C21H30N4O2/c1-16(24-14-20(26)25(15-24)19-7-8-19)21(27)22-18-9-11-23(12-10-18)13-17-5-3-2-4-6-17/h2-6,16,18-19H,7-15H2,1H3,(H,22,27). The Kier molecular flexibility index (Phi) is 5.45. The Morgan fingerprint density at radius 1 is 1.15 bits per heavy atom. The summed E-state index contributed by atoms with van der Waals surface area (Å²) in [6, 6.07) is 10.9. The van der Waals surface area contributed by atoms with Gasteiger partial charge in [0.15, 0.2) is 0 Å². The molecule has 2 saturated heterocycles. The number of nitrogens with zero attached hydrogens (tertiary/aromatic N) is 3. The number of hydrogen-bond acceptors (Lipinski definition) is 4. The zero-order chi connectivity index (χ0) is 18.8. The summed E-state index contributed by atoms with van der Waals surface area (Å²) in [5.41, 5.74) is 1.34. The second-order valence-corrected chi connectivity index (χ2v) is 8.20. The lowest BCUT2D eigenvalue weighted by Gasteiger charge is -2.33. The van der Waals surface area contributed by atoms with Crippen LogP contribution < -0.4 is 5.32 Å². The lowest BCUT2D eigenvalue weighted by Crippen LogP contribution is -2.51. The Bertz CT molecular complexity index is 668. The van der Waals surface area contributed by atoms with Crippen LogP contribution in [0.4, 0.5) is 0 Å². The number of carbonyl (C=O) groups is 2. The van der Waals surface area contributed by atoms with Gasteiger partial charge in [-0.2, -0.15) is 0 Å². The van der Waals surface area contributed by atoms with Gasteiger partial charge in [-0.25, -0.2) is 0 Å². The molecule has 1 aromatic carbocycles. The van der Waals surface area contributed by atoms with Crippen LogP contribution in [-0.2, 0) is 16.1 Å². The Morgan fingerprint density at radius 3 is 2.52 bits per heavy atom. The maximum absolute atomic E-state index is 12.7. The van der Waals surface area contributed by atoms with Crippen molar-refractivity contribution < 1.29 is 9.59 Å². The molecule has 3 fully saturated rings. The van der Waals surface area contributed by atoms with Crippen LogP contribution in [0.1, 0.15) is 38.2 Å². The van der Waals surface area contributed by atoms with Crippen molar-refractivity contribution in [3.05, 3.63) is 35.9 Å². The van der Waals surface area contributed by atoms with Crippen LogP contribution in [0.3, 0.4) is 0 Å². The van der Waals surface area contributed by atoms with Gasteiger partial charge in [-0.15, -0.1) is 0 Å². The van der Waals surface area contributed by atoms with Gasteiger partial charge >= 0.3 is 0 Å². The van der Waals surface area contributed by atoms with Gasteiger partial charge in [0.25, 0.3) is 0 Å². The third-order valence-electron chi connectivity index (χ3n) is 6.09. The van der Waals surface area contributed by atoms with Crippen molar-refractivity contribution in [2.24, 2.45) is 0 Å². The maximum Gasteiger partial charge on any atom is 0.238 e. The minimum atomic E-state index is -0.250. The van der Waals surface area contributed by atoms with Gasteiger partial charge < -0.3 is 10.2 Å². The van der Waals surface area contributed by atoms with E-state index < -0.39 is 0 Å². The first-order chi connectivity index (χ1) is 13.1. The molecule has 2 amide bonds. The Labute approximate surface area is 161 Å². The average Bonchev–Trinajstić information content (AvgIpc) is 3.45. The van der Waals surface area contributed by atoms with Gasteiger partial charge in [0, 0.05) is 31.7 Å². The van der Waals surface area contributed by atoms with Crippen molar-refractivity contribution in [3.8, 4) is 0 Å². The van der Waals surface area contributed by atoms with Gasteiger partial charge in [0.05, 0.1) is 19.3 Å². The molecule has 1 unspecified atom stereocenters. The average molecular weight is 370 g/mol. The van der Waals surface area contributed by atoms with Gasteiger partial charge in [-0.1, -0.05) is 30.3 Å². The van der Waals surface area contributed by atoms with E-state index in [-0.39, 0.29) is 23.9 Å². The number of hydrogen-bond donors (Lipinski definition) is 1. The predicted molar refractivity (Wildman–Crippen MR) is 104 cm³/mol. The molecule has 0 radical (unpaired) electrons. The highest BCUT2D eigenvalue weighted by molar-refractivity contribution is 5.85. The molecule has 3 aliphatic rings. The van der Waals surface area contributed by atoms with Gasteiger partial charge in [-0.3, -0.25) is 19.4 Å². The van der Waals surface area contributed by atoms with Gasteiger partial charge in [0.2, 0.25) is 11.8 Å². The highest BCUT2D eigenvalue weighted by Crippen LogP contribution is 2.29. The second-order valence-electron chi connectivity index (χ2n) is 8.20. The van der Waals surface area contributed by atoms with Crippen LogP contribution in [0.15, 0.2) is 30.3 Å². The SMILES string of the molecule is CC(C(=O)NC1CCN(Cc2ccccc2)CC1)N1CC(=O)N(C2CC2)C1. The molecule has 2 aliphatic heterocycles. The molecule has 1 N–H and O–H groups in total. The minimum absolute atomic E-state index is 0.0574. The summed E-state index contributed by atoms with van der Waals surface area (Å²) in [5, 5.41) is 3.22. The Morgan fingerprint density at radius 2 is 1.85 bits per heavy atom. The summed E-state index contributed by atoms with van der Waals surface area (Å²) in [6.07, 6.45) is 4.19. The maximum atomic E-state index is 12.7. The zero-order valence-electron chi connectivity index (χ0n) is 16.1. The van der Waals surface area contributed by atoms with Gasteiger partial charge in [0.1, 0.15) is 0 Å². The molecule has 6 nitrogen and oxygen atoms in total. The molecule has 27 heavy (non-hydrogen) atoms. The Balaban J connectivity index is 1.21. The summed E-state index contributed by atoms with van der Waals surface area (Å²) in [5.74, 6) is 0.230. The highest BCUT2D eigenvalue weighted by Gasteiger charge is 2.41. The van der Waals surface area contributed by atoms with Crippen LogP contribution in [0.2, 0.25) is 0 Å². The fraction of sp³-hybridized carbons (Fsp3) is 0.619. The molecule has 6 heteroatoms. The highest BCUT2D eigenvalue weighted by atomic mass is 16.2. The van der Waals surface area contributed by atoms with Crippen molar-refractivity contribution in [1.29, 1.82) is 0 Å². The molecule has 2 heterocycles. The van der Waals surface area contributed by atoms with Crippen LogP contribution in [0, 0.1) is 0 Å². The number of carbonyl (C=O) groups excluding carboxylic acids is 2. The number of amides is 2. The second kappa shape index (κ2) is 7.98. The van der Waals surface area contributed by atoms with E-state index in [2.05, 4.69) is 34.5 Å². The first-order valence-electron chi connectivity index (χ1n) is 10.2. The van der Waals surface area contributed by atoms with E-state index in [1.165, 1.54) is 5.56 Å². The third kappa shape index (κ3) is 4.50. The van der Waals surface area contributed by atoms with Crippen molar-refractivity contribution in [2.75, 3.05) is 26.3 Å². The van der Waals surface area contributed by atoms with E-state index in [0.29, 0.717) is 19.3 Å². The van der Waals surface area contributed by atoms with Crippen molar-refractivity contribution in [1.82, 2.24) is 20.0 Å². The molecule has 0 bridgehead atoms. The van der Waals surface area contributed by atoms with Crippen LogP contribution >= 0.6 is 0 Å². The molecule has 0 aromatic heterocycles. The molecule has 0 spiro atoms. The molecule has 1 aliphatic carbocycles. The first kappa shape index (κ1) is 18.4. The summed E-state index contributed by atoms with van der Waals surface area (Å²) in [4.78, 5) is 31.2. The minimum Gasteiger partial charge on any atom is -0.352 e. The Hall–Kier alpha value is -1.92. The largest absolute Gasteiger partial charge is 0.352 e. The van der Waals surface area contributed by atoms with E-state index in [9.17, 15) is 9.59 Å². The van der Waals surface area contributed by atoms with Crippen LogP contribution in [0.5, 0.6) is 0 Å². The van der Waals surface area contributed by atoms with Crippen molar-refractivity contribution in [3.63, 3.8) is 0 Å². The smallest absolute Gasteiger partial charge is 0.238 e. The van der Waals surface area contributed by atoms with Crippen LogP contribution in [0.25, 0.3) is 0 Å². The normalized spacial score (nSPS) is 23.6. The molecule has 146 valence electrons. The van der Waals surface area contributed by atoms with E-state index in [0.717, 1.165) is 45.3 Å². The van der Waals surface area contributed by atoms with E-state index in [4.69, 9.17) is 0 Å². The molecule has 4 rings (SSSR count). The summed E-state index contributed by atoms with van der Waals surface area (Å²) in [6.45, 7) is 5.89. The topological polar surface area (TPSA) is 55.9 Å². The molecular formula is C21H30N4O2. The van der Waals surface area contributed by atoms with E-state index >= 15 is 0 Å². The zero-order valence-corrected chi connectivity index (χ0v) is 16.1. The molecule has 1 saturated carbocycles. The van der Waals surface area contributed by atoms with Crippen molar-refractivity contribution in [2.45, 2.75) is 57.3 Å². The number of rotatable bonds is 6. The number of piperidine rings is 1. The number of benzene rings is 1. The molecular weight excluding hydrogens is 340 g/mol. The van der Waals surface area contributed by atoms with E-state index in [1.807, 2.05) is 22.8 Å². The summed E-state index contributed by atoms with van der Waals surface area (Å²) < 4.78 is 0. The third-order valence-corrected chi connectivity index (χ3v) is 6.09. The number of nitrogens with one attached hydrogen (secondary N) is 1. The van der Waals surface area contributed by atoms with Crippen molar-refractivity contribution >= 4 is 11.8 Å². The van der Waals surface area contributed by atoms with Crippen LogP contribution in [-0.4, -0.2) is 70.9 Å². The summed E-state index contributed by atoms with van der Waals surface area (Å²) >= 11 is 0. The fourth-order valence-corrected chi connectivity index (χ4v) is 4.12. The molecule has 1 atom stereocenters. The lowest BCUT2D eigenvalue weighted by atomic mass is 10.0. The first-order valence-corrected chi connectivity index (χ1v) is 10.2. The number of likely N-dealkylation sites (tertiary alicyclic amines) is 1. The molecule has 1 aromatic rings.